The van der Waals surface area contributed by atoms with Crippen LogP contribution in [0.15, 0.2) is 36.4 Å². The Labute approximate surface area is 153 Å². The van der Waals surface area contributed by atoms with E-state index in [2.05, 4.69) is 62.5 Å². The lowest BCUT2D eigenvalue weighted by molar-refractivity contribution is 0.0499. The van der Waals surface area contributed by atoms with Gasteiger partial charge in [-0.15, -0.1) is 0 Å². The highest BCUT2D eigenvalue weighted by atomic mass is 31.1. The van der Waals surface area contributed by atoms with Gasteiger partial charge < -0.3 is 14.8 Å². The Kier molecular flexibility index (Phi) is 7.90. The number of hydrogen-bond acceptors (Lipinski definition) is 3. The molecule has 0 radical (unpaired) electrons. The Morgan fingerprint density at radius 3 is 2.60 bits per heavy atom. The van der Waals surface area contributed by atoms with Gasteiger partial charge in [0.15, 0.2) is 6.79 Å². The molecule has 0 aromatic heterocycles. The van der Waals surface area contributed by atoms with Gasteiger partial charge in [0, 0.05) is 24.9 Å². The molecule has 3 nitrogen and oxygen atoms in total. The summed E-state index contributed by atoms with van der Waals surface area (Å²) in [4.78, 5) is 0. The van der Waals surface area contributed by atoms with Crippen LogP contribution >= 0.6 is 8.58 Å². The van der Waals surface area contributed by atoms with Crippen LogP contribution < -0.4 is 15.4 Å². The smallest absolute Gasteiger partial charge is 0.188 e. The fourth-order valence-corrected chi connectivity index (χ4v) is 4.65. The van der Waals surface area contributed by atoms with Crippen molar-refractivity contribution in [2.45, 2.75) is 39.4 Å². The molecule has 2 unspecified atom stereocenters. The van der Waals surface area contributed by atoms with Crippen LogP contribution in [0.1, 0.15) is 41.3 Å². The van der Waals surface area contributed by atoms with Gasteiger partial charge in [0.05, 0.1) is 0 Å². The van der Waals surface area contributed by atoms with Gasteiger partial charge >= 0.3 is 0 Å². The average Bonchev–Trinajstić information content (AvgIpc) is 2.60. The van der Waals surface area contributed by atoms with E-state index in [1.165, 1.54) is 27.6 Å². The van der Waals surface area contributed by atoms with Gasteiger partial charge in [0.25, 0.3) is 0 Å². The van der Waals surface area contributed by atoms with Crippen LogP contribution in [0.3, 0.4) is 0 Å². The van der Waals surface area contributed by atoms with Gasteiger partial charge in [-0.05, 0) is 43.7 Å². The molecule has 0 heterocycles. The third kappa shape index (κ3) is 5.28. The van der Waals surface area contributed by atoms with Crippen LogP contribution in [0, 0.1) is 13.8 Å². The SMILES string of the molecule is CCC(Pc1ccccc1CNC)c1cc(C)cc(C)c1OCOC. The van der Waals surface area contributed by atoms with Crippen molar-refractivity contribution in [2.75, 3.05) is 21.0 Å². The van der Waals surface area contributed by atoms with Crippen LogP contribution in [0.2, 0.25) is 0 Å². The highest BCUT2D eigenvalue weighted by Crippen LogP contribution is 2.43. The van der Waals surface area contributed by atoms with Crippen molar-refractivity contribution in [3.63, 3.8) is 0 Å². The summed E-state index contributed by atoms with van der Waals surface area (Å²) in [5.74, 6) is 0.984. The lowest BCUT2D eigenvalue weighted by Gasteiger charge is -2.23. The molecule has 2 aromatic carbocycles. The molecule has 0 aliphatic heterocycles. The van der Waals surface area contributed by atoms with Gasteiger partial charge in [-0.25, -0.2) is 0 Å². The third-order valence-corrected chi connectivity index (χ3v) is 6.13. The summed E-state index contributed by atoms with van der Waals surface area (Å²) in [6.45, 7) is 7.72. The highest BCUT2D eigenvalue weighted by Gasteiger charge is 2.19. The van der Waals surface area contributed by atoms with Crippen molar-refractivity contribution in [1.82, 2.24) is 5.32 Å². The second-order valence-electron chi connectivity index (χ2n) is 6.34. The molecule has 136 valence electrons. The van der Waals surface area contributed by atoms with Gasteiger partial charge in [0.1, 0.15) is 5.75 Å². The molecule has 4 heteroatoms. The summed E-state index contributed by atoms with van der Waals surface area (Å²) in [7, 11) is 4.38. The number of ether oxygens (including phenoxy) is 2. The second-order valence-corrected chi connectivity index (χ2v) is 7.87. The molecule has 25 heavy (non-hydrogen) atoms. The van der Waals surface area contributed by atoms with Gasteiger partial charge in [0.2, 0.25) is 0 Å². The molecular formula is C21H30NO2P. The predicted molar refractivity (Wildman–Crippen MR) is 109 cm³/mol. The number of aryl methyl sites for hydroxylation is 2. The van der Waals surface area contributed by atoms with E-state index in [1.54, 1.807) is 7.11 Å². The quantitative estimate of drug-likeness (QED) is 0.530. The maximum absolute atomic E-state index is 5.94. The number of nitrogens with one attached hydrogen (secondary N) is 1. The van der Waals surface area contributed by atoms with E-state index in [0.717, 1.165) is 18.7 Å². The first-order chi connectivity index (χ1) is 12.1. The Morgan fingerprint density at radius 1 is 1.16 bits per heavy atom. The Hall–Kier alpha value is -1.41. The topological polar surface area (TPSA) is 30.5 Å². The molecule has 0 aliphatic carbocycles. The molecule has 0 aliphatic rings. The molecule has 2 rings (SSSR count). The zero-order chi connectivity index (χ0) is 18.2. The van der Waals surface area contributed by atoms with Crippen LogP contribution in [-0.4, -0.2) is 21.0 Å². The van der Waals surface area contributed by atoms with Crippen molar-refractivity contribution >= 4 is 13.9 Å². The molecule has 1 N–H and O–H groups in total. The molecular weight excluding hydrogens is 329 g/mol. The Balaban J connectivity index is 2.37. The number of methoxy groups -OCH3 is 1. The fourth-order valence-electron chi connectivity index (χ4n) is 3.15. The Bertz CT molecular complexity index is 688. The molecule has 2 atom stereocenters. The maximum atomic E-state index is 5.94. The van der Waals surface area contributed by atoms with E-state index >= 15 is 0 Å². The van der Waals surface area contributed by atoms with Gasteiger partial charge in [-0.1, -0.05) is 57.5 Å². The minimum Gasteiger partial charge on any atom is -0.467 e. The van der Waals surface area contributed by atoms with Gasteiger partial charge in [-0.2, -0.15) is 0 Å². The van der Waals surface area contributed by atoms with E-state index < -0.39 is 0 Å². The fraction of sp³-hybridized carbons (Fsp3) is 0.429. The van der Waals surface area contributed by atoms with Crippen molar-refractivity contribution in [1.29, 1.82) is 0 Å². The van der Waals surface area contributed by atoms with Gasteiger partial charge in [-0.3, -0.25) is 0 Å². The predicted octanol–water partition coefficient (Wildman–Crippen LogP) is 4.46. The molecule has 0 saturated carbocycles. The van der Waals surface area contributed by atoms with Crippen molar-refractivity contribution in [3.8, 4) is 5.75 Å². The Morgan fingerprint density at radius 2 is 1.92 bits per heavy atom. The average molecular weight is 359 g/mol. The minimum absolute atomic E-state index is 0.285. The highest BCUT2D eigenvalue weighted by molar-refractivity contribution is 7.47. The van der Waals surface area contributed by atoms with Crippen molar-refractivity contribution < 1.29 is 9.47 Å². The normalized spacial score (nSPS) is 12.7. The van der Waals surface area contributed by atoms with E-state index in [9.17, 15) is 0 Å². The van der Waals surface area contributed by atoms with E-state index in [-0.39, 0.29) is 6.79 Å². The van der Waals surface area contributed by atoms with Crippen LogP contribution in [0.25, 0.3) is 0 Å². The number of rotatable bonds is 9. The zero-order valence-electron chi connectivity index (χ0n) is 16.0. The van der Waals surface area contributed by atoms with E-state index in [1.807, 2.05) is 7.05 Å². The monoisotopic (exact) mass is 359 g/mol. The molecule has 0 amide bonds. The summed E-state index contributed by atoms with van der Waals surface area (Å²) in [5.41, 5.74) is 5.59. The summed E-state index contributed by atoms with van der Waals surface area (Å²) in [6.07, 6.45) is 1.08. The first kappa shape index (κ1) is 19.9. The standard InChI is InChI=1S/C21H30NO2P/c1-6-19(25-20-10-8-7-9-17(20)13-22-4)18-12-15(2)11-16(3)21(18)24-14-23-5/h7-12,19,22,25H,6,13-14H2,1-5H3. The van der Waals surface area contributed by atoms with E-state index in [4.69, 9.17) is 9.47 Å². The van der Waals surface area contributed by atoms with Crippen LogP contribution in [0.5, 0.6) is 5.75 Å². The van der Waals surface area contributed by atoms with Crippen LogP contribution in [-0.2, 0) is 11.3 Å². The summed E-state index contributed by atoms with van der Waals surface area (Å²) in [6, 6.07) is 13.2. The largest absolute Gasteiger partial charge is 0.467 e. The summed E-state index contributed by atoms with van der Waals surface area (Å²) in [5, 5.41) is 4.71. The second kappa shape index (κ2) is 9.91. The summed E-state index contributed by atoms with van der Waals surface area (Å²) >= 11 is 0. The lowest BCUT2D eigenvalue weighted by Crippen LogP contribution is -2.14. The van der Waals surface area contributed by atoms with Crippen molar-refractivity contribution in [3.05, 3.63) is 58.7 Å². The summed E-state index contributed by atoms with van der Waals surface area (Å²) < 4.78 is 11.1. The third-order valence-electron chi connectivity index (χ3n) is 4.27. The molecule has 0 saturated heterocycles. The molecule has 0 bridgehead atoms. The molecule has 0 spiro atoms. The van der Waals surface area contributed by atoms with E-state index in [0.29, 0.717) is 14.2 Å². The van der Waals surface area contributed by atoms with Crippen molar-refractivity contribution in [2.24, 2.45) is 0 Å². The number of benzene rings is 2. The number of hydrogen-bond donors (Lipinski definition) is 1. The maximum Gasteiger partial charge on any atom is 0.188 e. The molecule has 0 fully saturated rings. The lowest BCUT2D eigenvalue weighted by atomic mass is 10.0. The first-order valence-corrected chi connectivity index (χ1v) is 9.90. The minimum atomic E-state index is 0.285. The van der Waals surface area contributed by atoms with Crippen LogP contribution in [0.4, 0.5) is 0 Å². The molecule has 2 aromatic rings. The zero-order valence-corrected chi connectivity index (χ0v) is 17.0. The first-order valence-electron chi connectivity index (χ1n) is 8.82.